The van der Waals surface area contributed by atoms with Gasteiger partial charge in [-0.05, 0) is 160 Å². The highest BCUT2D eigenvalue weighted by molar-refractivity contribution is 7.98. The van der Waals surface area contributed by atoms with Gasteiger partial charge < -0.3 is 38.9 Å². The van der Waals surface area contributed by atoms with E-state index in [2.05, 4.69) is 69.0 Å². The first-order valence-corrected chi connectivity index (χ1v) is 49.0. The van der Waals surface area contributed by atoms with Crippen LogP contribution in [0, 0.1) is 11.3 Å². The minimum Gasteiger partial charge on any atom is -0.369 e. The molecule has 0 aliphatic carbocycles. The van der Waals surface area contributed by atoms with Gasteiger partial charge in [-0.3, -0.25) is 62.8 Å². The summed E-state index contributed by atoms with van der Waals surface area (Å²) in [4.78, 5) is 123. The minimum atomic E-state index is -3.42. The average Bonchev–Trinajstić information content (AvgIpc) is 1.73. The Morgan fingerprint density at radius 1 is 0.482 bits per heavy atom. The molecule has 12 N–H and O–H groups in total. The van der Waals surface area contributed by atoms with Gasteiger partial charge in [-0.25, -0.2) is 42.2 Å². The van der Waals surface area contributed by atoms with Crippen LogP contribution in [-0.2, 0) is 89.2 Å². The number of likely N-dealkylation sites (tertiary alicyclic amines) is 1. The summed E-state index contributed by atoms with van der Waals surface area (Å²) >= 11 is 1.59. The summed E-state index contributed by atoms with van der Waals surface area (Å²) in [6.45, 7) is 16.4. The number of alkyl halides is 2. The standard InChI is InChI=1S/C25H26N4O3S.C23H26N4O.C22H24N4O2.C21H23F2N3OS.C18H18N4O2/c1-2-16-33(31,32)28-22-15-9-10-19(17-22)18-29-23(30)25(27-24(29)26,20-11-5-3-6-12-20)21-13-7-4-8-14-21;1-22(2,3)17-11-9-16(10-12-17)19-20(28)27(5)21(25)26-23(19,4)18-8-6-7-15(13-18)14-24;23-21-24-22(17-9-3-1-4-10-17,18-11-5-2-6-12-18)20(28)26(21)16-8-15-25-14-7-13-19(25)27;1-20(15-6-5-7-16(12-15)28-4)17(18(27)26(3)19(24)25-20)13-8-10-14(11-9-13)21(2,22)23;1-12(23)20-15-10-6-9-14(11-15)18(13-7-4-3-5-8-13)16(24)22(2)17(19)21-18/h3-15,17,28H,2,16,18H2,1H3,(H2,26,27);6-13,19H,1-5H3,(H2,25,26);1-6,9-12H,7-8,13-16H2,(H2,23,24);5-12,17H,1-4H3,(H2,24,25);3-11H,1-2H3,(H2,19,21)(H,20,23)/t;19-,23+;;17-,20+;/m.0.0./s1. The van der Waals surface area contributed by atoms with E-state index in [4.69, 9.17) is 33.7 Å². The molecule has 32 heteroatoms. The normalized spacial score (nSPS) is 19.7. The number of likely N-dealkylation sites (N-methyl/N-ethyl adjacent to an activating group) is 3. The molecule has 1 saturated heterocycles. The Morgan fingerprint density at radius 3 is 1.33 bits per heavy atom. The predicted molar refractivity (Wildman–Crippen MR) is 549 cm³/mol. The smallest absolute Gasteiger partial charge is 0.270 e. The molecule has 11 aromatic carbocycles. The van der Waals surface area contributed by atoms with Crippen LogP contribution in [0.5, 0.6) is 0 Å². The van der Waals surface area contributed by atoms with Crippen LogP contribution in [0.25, 0.3) is 0 Å². The van der Waals surface area contributed by atoms with Crippen LogP contribution in [0.2, 0.25) is 0 Å². The van der Waals surface area contributed by atoms with E-state index in [1.165, 1.54) is 44.2 Å². The van der Waals surface area contributed by atoms with E-state index in [1.807, 2.05) is 244 Å². The molecule has 6 aliphatic heterocycles. The number of anilines is 2. The van der Waals surface area contributed by atoms with E-state index in [9.17, 15) is 56.0 Å². The summed E-state index contributed by atoms with van der Waals surface area (Å²) in [5.74, 6) is -4.25. The molecule has 0 bridgehead atoms. The number of carbonyl (C=O) groups excluding carboxylic acids is 7. The van der Waals surface area contributed by atoms with Crippen LogP contribution in [0.1, 0.15) is 171 Å². The Morgan fingerprint density at radius 2 is 0.894 bits per heavy atom. The van der Waals surface area contributed by atoms with Crippen molar-refractivity contribution in [3.8, 4) is 6.07 Å². The molecule has 6 aliphatic rings. The van der Waals surface area contributed by atoms with Crippen molar-refractivity contribution in [1.29, 1.82) is 5.26 Å². The lowest BCUT2D eigenvalue weighted by atomic mass is 9.73. The van der Waals surface area contributed by atoms with Crippen molar-refractivity contribution in [3.63, 3.8) is 0 Å². The van der Waals surface area contributed by atoms with Crippen LogP contribution in [0.15, 0.2) is 327 Å². The van der Waals surface area contributed by atoms with Crippen molar-refractivity contribution in [1.82, 2.24) is 29.4 Å². The number of hydrogen-bond acceptors (Lipinski definition) is 21. The number of hydrogen-bond donors (Lipinski definition) is 7. The molecule has 141 heavy (non-hydrogen) atoms. The molecule has 28 nitrogen and oxygen atoms in total. The molecule has 728 valence electrons. The number of halogens is 2. The Labute approximate surface area is 825 Å². The maximum absolute atomic E-state index is 13.9. The SMILES string of the molecule is CC(=O)Nc1cccc(C2(c3ccccc3)N=C(N)N(C)C2=O)c1.CCCS(=O)(=O)Nc1cccc(CN2C(=O)C(c3ccccc3)(c3ccccc3)N=C2N)c1.CN1C(=O)[C@H](c2ccc(C(C)(C)C)cc2)[C@@](C)(c2cccc(C#N)c2)N=C1N.CSc1cccc([C@@]2(C)N=C(N)N(C)C(=O)[C@@H]2c2ccc(C(C)(F)F)cc2)c1.NC1=NC(c2ccccc2)(c2ccccc2)C(=O)N1CCCN1CCCC1=O. The van der Waals surface area contributed by atoms with E-state index in [1.54, 1.807) is 98.5 Å². The first kappa shape index (κ1) is 103. The number of nitriles is 1. The second-order valence-electron chi connectivity index (χ2n) is 36.5. The predicted octanol–water partition coefficient (Wildman–Crippen LogP) is 15.2. The summed E-state index contributed by atoms with van der Waals surface area (Å²) in [6.07, 6.45) is 4.70. The third-order valence-electron chi connectivity index (χ3n) is 25.8. The van der Waals surface area contributed by atoms with Gasteiger partial charge in [-0.15, -0.1) is 11.8 Å². The lowest BCUT2D eigenvalue weighted by Crippen LogP contribution is -2.52. The van der Waals surface area contributed by atoms with Gasteiger partial charge in [0.25, 0.3) is 23.6 Å². The fourth-order valence-electron chi connectivity index (χ4n) is 18.2. The largest absolute Gasteiger partial charge is 0.369 e. The van der Waals surface area contributed by atoms with Crippen molar-refractivity contribution in [2.45, 2.75) is 143 Å². The van der Waals surface area contributed by atoms with E-state index < -0.39 is 55.5 Å². The first-order valence-electron chi connectivity index (χ1n) is 46.1. The van der Waals surface area contributed by atoms with Crippen molar-refractivity contribution in [2.75, 3.05) is 62.8 Å². The van der Waals surface area contributed by atoms with Crippen LogP contribution in [0.4, 0.5) is 20.2 Å². The molecule has 1 fully saturated rings. The number of nitrogens with two attached hydrogens (primary N) is 5. The van der Waals surface area contributed by atoms with Gasteiger partial charge in [0.15, 0.2) is 46.4 Å². The zero-order valence-corrected chi connectivity index (χ0v) is 82.4. The number of aliphatic imine (C=N–C) groups is 5. The van der Waals surface area contributed by atoms with Gasteiger partial charge in [0.2, 0.25) is 33.7 Å². The number of carbonyl (C=O) groups is 7. The molecule has 17 rings (SSSR count). The molecule has 0 aromatic heterocycles. The minimum absolute atomic E-state index is 0.0267. The van der Waals surface area contributed by atoms with Crippen LogP contribution < -0.4 is 38.7 Å². The number of guanidine groups is 5. The van der Waals surface area contributed by atoms with Crippen LogP contribution in [0.3, 0.4) is 0 Å². The topological polar surface area (TPSA) is 413 Å². The average molecular weight is 1940 g/mol. The highest BCUT2D eigenvalue weighted by Crippen LogP contribution is 2.49. The molecule has 6 heterocycles. The van der Waals surface area contributed by atoms with Gasteiger partial charge in [-0.1, -0.05) is 276 Å². The molecular weight excluding hydrogens is 1820 g/mol. The third-order valence-corrected chi connectivity index (χ3v) is 28.0. The van der Waals surface area contributed by atoms with Gasteiger partial charge in [0.1, 0.15) is 11.1 Å². The van der Waals surface area contributed by atoms with Crippen LogP contribution >= 0.6 is 11.8 Å². The number of benzene rings is 11. The zero-order chi connectivity index (χ0) is 102. The molecule has 0 spiro atoms. The van der Waals surface area contributed by atoms with Crippen molar-refractivity contribution in [3.05, 3.63) is 375 Å². The number of nitrogens with zero attached hydrogens (tertiary/aromatic N) is 12. The van der Waals surface area contributed by atoms with Crippen molar-refractivity contribution in [2.24, 2.45) is 53.6 Å². The van der Waals surface area contributed by atoms with Gasteiger partial charge in [-0.2, -0.15) is 5.26 Å². The van der Waals surface area contributed by atoms with Crippen LogP contribution in [-0.4, -0.2) is 162 Å². The highest BCUT2D eigenvalue weighted by atomic mass is 32.2. The number of sulfonamides is 1. The summed E-state index contributed by atoms with van der Waals surface area (Å²) < 4.78 is 54.1. The lowest BCUT2D eigenvalue weighted by molar-refractivity contribution is -0.131. The number of rotatable bonds is 23. The van der Waals surface area contributed by atoms with E-state index in [-0.39, 0.29) is 94.4 Å². The fourth-order valence-corrected chi connectivity index (χ4v) is 19.8. The molecular formula is C109H117F2N19O9S2. The van der Waals surface area contributed by atoms with Gasteiger partial charge in [0.05, 0.1) is 35.8 Å². The molecule has 0 radical (unpaired) electrons. The Balaban J connectivity index is 0.000000149. The summed E-state index contributed by atoms with van der Waals surface area (Å²) in [7, 11) is 1.39. The quantitative estimate of drug-likeness (QED) is 0.0293. The monoisotopic (exact) mass is 1940 g/mol. The molecule has 11 aromatic rings. The Kier molecular flexibility index (Phi) is 31.3. The lowest BCUT2D eigenvalue weighted by Gasteiger charge is -2.41. The number of amides is 7. The summed E-state index contributed by atoms with van der Waals surface area (Å²) in [5.41, 5.74) is 36.0. The van der Waals surface area contributed by atoms with E-state index in [0.29, 0.717) is 60.4 Å². The summed E-state index contributed by atoms with van der Waals surface area (Å²) in [6, 6.07) is 92.4. The molecule has 1 unspecified atom stereocenters. The van der Waals surface area contributed by atoms with Gasteiger partial charge in [0, 0.05) is 82.9 Å². The highest BCUT2D eigenvalue weighted by Gasteiger charge is 2.55. The maximum atomic E-state index is 13.9. The zero-order valence-electron chi connectivity index (χ0n) is 80.8. The Bertz CT molecular complexity index is 6710. The summed E-state index contributed by atoms with van der Waals surface area (Å²) in [5, 5.41) is 12.0. The molecule has 0 saturated carbocycles. The first-order chi connectivity index (χ1) is 67.1. The second-order valence-corrected chi connectivity index (χ2v) is 39.2. The maximum Gasteiger partial charge on any atom is 0.270 e. The van der Waals surface area contributed by atoms with Crippen molar-refractivity contribution >= 4 is 104 Å². The second kappa shape index (κ2) is 42.9. The molecule has 5 atom stereocenters. The van der Waals surface area contributed by atoms with Crippen molar-refractivity contribution < 1.29 is 50.8 Å². The Hall–Kier alpha value is -15.5. The number of thioether (sulfide) groups is 1. The third kappa shape index (κ3) is 21.8. The van der Waals surface area contributed by atoms with E-state index in [0.717, 1.165) is 74.9 Å². The number of nitrogens with one attached hydrogen (secondary N) is 2. The van der Waals surface area contributed by atoms with E-state index >= 15 is 0 Å². The molecule has 7 amide bonds. The van der Waals surface area contributed by atoms with Gasteiger partial charge >= 0.3 is 0 Å². The fraction of sp³-hybridized carbons (Fsp3) is 0.275.